The summed E-state index contributed by atoms with van der Waals surface area (Å²) >= 11 is 5.69. The molecule has 1 aliphatic carbocycles. The van der Waals surface area contributed by atoms with Crippen LogP contribution in [0.1, 0.15) is 80.6 Å². The predicted octanol–water partition coefficient (Wildman–Crippen LogP) is 5.53. The van der Waals surface area contributed by atoms with Crippen LogP contribution in [0.5, 0.6) is 0 Å². The van der Waals surface area contributed by atoms with Gasteiger partial charge in [-0.05, 0) is 55.9 Å². The van der Waals surface area contributed by atoms with E-state index in [4.69, 9.17) is 11.6 Å². The normalized spacial score (nSPS) is 20.2. The van der Waals surface area contributed by atoms with Gasteiger partial charge < -0.3 is 4.90 Å². The number of amides is 1. The van der Waals surface area contributed by atoms with Gasteiger partial charge in [0.2, 0.25) is 5.91 Å². The van der Waals surface area contributed by atoms with Crippen LogP contribution in [-0.4, -0.2) is 23.6 Å². The van der Waals surface area contributed by atoms with Gasteiger partial charge in [-0.1, -0.05) is 32.1 Å². The van der Waals surface area contributed by atoms with Gasteiger partial charge in [0.1, 0.15) is 0 Å². The second-order valence-corrected chi connectivity index (χ2v) is 8.30. The van der Waals surface area contributed by atoms with Crippen LogP contribution in [-0.2, 0) is 11.2 Å². The molecule has 0 spiro atoms. The Hall–Kier alpha value is -1.35. The lowest BCUT2D eigenvalue weighted by Crippen LogP contribution is -2.35. The van der Waals surface area contributed by atoms with Crippen LogP contribution in [0.4, 0.5) is 5.69 Å². The van der Waals surface area contributed by atoms with Crippen molar-refractivity contribution in [2.24, 2.45) is 5.92 Å². The highest BCUT2D eigenvalue weighted by Gasteiger charge is 2.31. The highest BCUT2D eigenvalue weighted by atomic mass is 35.5. The molecule has 1 amide bonds. The minimum Gasteiger partial charge on any atom is -0.309 e. The molecule has 0 saturated heterocycles. The lowest BCUT2D eigenvalue weighted by molar-refractivity contribution is -0.119. The van der Waals surface area contributed by atoms with Gasteiger partial charge in [0.25, 0.3) is 0 Å². The number of halogens is 1. The Kier molecular flexibility index (Phi) is 6.74. The average Bonchev–Trinajstić information content (AvgIpc) is 2.99. The molecular formula is C22H30ClNO2. The summed E-state index contributed by atoms with van der Waals surface area (Å²) in [5.74, 6) is 1.62. The third-order valence-corrected chi connectivity index (χ3v) is 6.18. The Morgan fingerprint density at radius 3 is 2.65 bits per heavy atom. The van der Waals surface area contributed by atoms with Gasteiger partial charge in [0.05, 0.1) is 0 Å². The number of hydrogen-bond acceptors (Lipinski definition) is 2. The molecule has 2 aliphatic rings. The second kappa shape index (κ2) is 9.03. The summed E-state index contributed by atoms with van der Waals surface area (Å²) in [6.45, 7) is 2.10. The molecule has 1 atom stereocenters. The van der Waals surface area contributed by atoms with Gasteiger partial charge in [-0.15, -0.1) is 11.6 Å². The van der Waals surface area contributed by atoms with Crippen molar-refractivity contribution in [1.29, 1.82) is 0 Å². The zero-order valence-electron chi connectivity index (χ0n) is 15.8. The number of nitrogens with zero attached hydrogens (tertiary/aromatic N) is 1. The number of hydrogen-bond donors (Lipinski definition) is 0. The van der Waals surface area contributed by atoms with Crippen LogP contribution in [0, 0.1) is 5.92 Å². The highest BCUT2D eigenvalue weighted by Crippen LogP contribution is 2.35. The molecular weight excluding hydrogens is 346 g/mol. The molecule has 0 aromatic heterocycles. The SMILES string of the molecule is CC1Cc2cc(C(=O)CCCCl)ccc2N1C(=O)CCC1CCCCC1. The van der Waals surface area contributed by atoms with Crippen LogP contribution >= 0.6 is 11.6 Å². The van der Waals surface area contributed by atoms with Gasteiger partial charge in [0.15, 0.2) is 5.78 Å². The number of carbonyl (C=O) groups excluding carboxylic acids is 2. The molecule has 1 heterocycles. The maximum absolute atomic E-state index is 12.9. The summed E-state index contributed by atoms with van der Waals surface area (Å²) in [4.78, 5) is 27.1. The smallest absolute Gasteiger partial charge is 0.227 e. The van der Waals surface area contributed by atoms with Crippen LogP contribution in [0.3, 0.4) is 0 Å². The van der Waals surface area contributed by atoms with Crippen LogP contribution < -0.4 is 4.90 Å². The summed E-state index contributed by atoms with van der Waals surface area (Å²) in [5.41, 5.74) is 2.87. The van der Waals surface area contributed by atoms with E-state index >= 15 is 0 Å². The molecule has 1 unspecified atom stereocenters. The molecule has 142 valence electrons. The molecule has 0 radical (unpaired) electrons. The van der Waals surface area contributed by atoms with Crippen molar-refractivity contribution in [3.63, 3.8) is 0 Å². The van der Waals surface area contributed by atoms with Crippen LogP contribution in [0.15, 0.2) is 18.2 Å². The highest BCUT2D eigenvalue weighted by molar-refractivity contribution is 6.18. The second-order valence-electron chi connectivity index (χ2n) is 7.92. The first kappa shape index (κ1) is 19.4. The summed E-state index contributed by atoms with van der Waals surface area (Å²) in [7, 11) is 0. The fourth-order valence-electron chi connectivity index (χ4n) is 4.48. The van der Waals surface area contributed by atoms with Gasteiger partial charge >= 0.3 is 0 Å². The molecule has 3 rings (SSSR count). The Morgan fingerprint density at radius 1 is 1.15 bits per heavy atom. The number of fused-ring (bicyclic) bond motifs is 1. The Bertz CT molecular complexity index is 652. The minimum atomic E-state index is 0.142. The predicted molar refractivity (Wildman–Crippen MR) is 107 cm³/mol. The Labute approximate surface area is 162 Å². The summed E-state index contributed by atoms with van der Waals surface area (Å²) in [6, 6.07) is 5.99. The maximum Gasteiger partial charge on any atom is 0.227 e. The number of Topliss-reactive ketones (excluding diaryl/α,β-unsaturated/α-hetero) is 1. The van der Waals surface area contributed by atoms with Crippen molar-refractivity contribution in [2.45, 2.75) is 77.2 Å². The third kappa shape index (κ3) is 4.49. The first-order valence-corrected chi connectivity index (χ1v) is 10.7. The monoisotopic (exact) mass is 375 g/mol. The summed E-state index contributed by atoms with van der Waals surface area (Å²) in [5, 5.41) is 0. The minimum absolute atomic E-state index is 0.142. The lowest BCUT2D eigenvalue weighted by Gasteiger charge is -2.25. The van der Waals surface area contributed by atoms with Crippen molar-refractivity contribution in [3.8, 4) is 0 Å². The van der Waals surface area contributed by atoms with Crippen LogP contribution in [0.2, 0.25) is 0 Å². The van der Waals surface area contributed by atoms with Crippen molar-refractivity contribution in [2.75, 3.05) is 10.8 Å². The zero-order chi connectivity index (χ0) is 18.5. The first-order valence-electron chi connectivity index (χ1n) is 10.1. The standard InChI is InChI=1S/C22H30ClNO2/c1-16-14-19-15-18(21(25)8-5-13-23)10-11-20(19)24(16)22(26)12-9-17-6-3-2-4-7-17/h10-11,15-17H,2-9,12-14H2,1H3. The molecule has 1 fully saturated rings. The topological polar surface area (TPSA) is 37.4 Å². The van der Waals surface area contributed by atoms with E-state index in [0.717, 1.165) is 35.6 Å². The number of ketones is 1. The number of alkyl halides is 1. The van der Waals surface area contributed by atoms with Crippen LogP contribution in [0.25, 0.3) is 0 Å². The van der Waals surface area contributed by atoms with Crippen molar-refractivity contribution in [1.82, 2.24) is 0 Å². The van der Waals surface area contributed by atoms with E-state index in [1.165, 1.54) is 32.1 Å². The number of anilines is 1. The van der Waals surface area contributed by atoms with E-state index in [1.807, 2.05) is 23.1 Å². The van der Waals surface area contributed by atoms with E-state index in [1.54, 1.807) is 0 Å². The van der Waals surface area contributed by atoms with E-state index in [-0.39, 0.29) is 17.7 Å². The zero-order valence-corrected chi connectivity index (χ0v) is 16.6. The van der Waals surface area contributed by atoms with E-state index in [0.29, 0.717) is 25.1 Å². The Morgan fingerprint density at radius 2 is 1.92 bits per heavy atom. The van der Waals surface area contributed by atoms with Gasteiger partial charge in [-0.25, -0.2) is 0 Å². The van der Waals surface area contributed by atoms with E-state index < -0.39 is 0 Å². The number of benzene rings is 1. The largest absolute Gasteiger partial charge is 0.309 e. The number of carbonyl (C=O) groups is 2. The fraction of sp³-hybridized carbons (Fsp3) is 0.636. The molecule has 1 saturated carbocycles. The first-order chi connectivity index (χ1) is 12.6. The molecule has 3 nitrogen and oxygen atoms in total. The average molecular weight is 376 g/mol. The van der Waals surface area contributed by atoms with E-state index in [2.05, 4.69) is 6.92 Å². The molecule has 1 aliphatic heterocycles. The van der Waals surface area contributed by atoms with Gasteiger partial charge in [0, 0.05) is 36.0 Å². The van der Waals surface area contributed by atoms with Crippen molar-refractivity contribution in [3.05, 3.63) is 29.3 Å². The third-order valence-electron chi connectivity index (χ3n) is 5.91. The molecule has 26 heavy (non-hydrogen) atoms. The Balaban J connectivity index is 1.65. The molecule has 4 heteroatoms. The van der Waals surface area contributed by atoms with Crippen molar-refractivity contribution >= 4 is 29.0 Å². The van der Waals surface area contributed by atoms with E-state index in [9.17, 15) is 9.59 Å². The molecule has 0 N–H and O–H groups in total. The van der Waals surface area contributed by atoms with Gasteiger partial charge in [-0.2, -0.15) is 0 Å². The number of rotatable bonds is 7. The lowest BCUT2D eigenvalue weighted by atomic mass is 9.86. The quantitative estimate of drug-likeness (QED) is 0.464. The fourth-order valence-corrected chi connectivity index (χ4v) is 4.61. The molecule has 0 bridgehead atoms. The summed E-state index contributed by atoms with van der Waals surface area (Å²) < 4.78 is 0. The molecule has 1 aromatic carbocycles. The molecule has 1 aromatic rings. The maximum atomic E-state index is 12.9. The summed E-state index contributed by atoms with van der Waals surface area (Å²) in [6.07, 6.45) is 10.3. The van der Waals surface area contributed by atoms with Crippen molar-refractivity contribution < 1.29 is 9.59 Å². The van der Waals surface area contributed by atoms with Gasteiger partial charge in [-0.3, -0.25) is 9.59 Å².